The van der Waals surface area contributed by atoms with E-state index in [2.05, 4.69) is 72.8 Å². The largest absolute Gasteiger partial charge is 0.425 e. The Morgan fingerprint density at radius 3 is 0.667 bits per heavy atom. The van der Waals surface area contributed by atoms with Gasteiger partial charge in [0, 0.05) is 21.5 Å². The molecule has 0 N–H and O–H groups in total. The molecule has 0 amide bonds. The zero-order valence-corrected chi connectivity index (χ0v) is 33.0. The van der Waals surface area contributed by atoms with Crippen molar-refractivity contribution in [3.8, 4) is 11.5 Å². The lowest BCUT2D eigenvalue weighted by molar-refractivity contribution is -0.136. The lowest BCUT2D eigenvalue weighted by Gasteiger charge is -2.35. The van der Waals surface area contributed by atoms with E-state index in [9.17, 15) is 9.59 Å². The summed E-state index contributed by atoms with van der Waals surface area (Å²) >= 11 is 0. The van der Waals surface area contributed by atoms with Crippen molar-refractivity contribution in [1.29, 1.82) is 0 Å². The lowest BCUT2D eigenvalue weighted by atomic mass is 9.67. The first-order valence-electron chi connectivity index (χ1n) is 20.3. The van der Waals surface area contributed by atoms with Gasteiger partial charge >= 0.3 is 11.9 Å². The molecule has 0 saturated heterocycles. The molecule has 0 aliphatic rings. The molecule has 0 bridgehead atoms. The van der Waals surface area contributed by atoms with Crippen LogP contribution in [0, 0.1) is 0 Å². The van der Waals surface area contributed by atoms with E-state index in [1.165, 1.54) is 0 Å². The first kappa shape index (κ1) is 38.0. The first-order chi connectivity index (χ1) is 29.6. The predicted molar refractivity (Wildman–Crippen MR) is 240 cm³/mol. The van der Waals surface area contributed by atoms with Gasteiger partial charge in [-0.2, -0.15) is 0 Å². The molecule has 4 heteroatoms. The molecule has 290 valence electrons. The molecule has 0 heterocycles. The molecule has 0 aromatic heterocycles. The maximum absolute atomic E-state index is 14.8. The molecular formula is C56H42O4. The second-order valence-corrected chi connectivity index (χ2v) is 15.1. The highest BCUT2D eigenvalue weighted by atomic mass is 16.5. The van der Waals surface area contributed by atoms with Gasteiger partial charge < -0.3 is 9.47 Å². The van der Waals surface area contributed by atoms with Crippen LogP contribution in [0.25, 0.3) is 21.5 Å². The fourth-order valence-corrected chi connectivity index (χ4v) is 8.95. The molecular weight excluding hydrogens is 737 g/mol. The topological polar surface area (TPSA) is 52.6 Å². The molecule has 4 nitrogen and oxygen atoms in total. The number of esters is 2. The van der Waals surface area contributed by atoms with Crippen molar-refractivity contribution in [2.45, 2.75) is 23.7 Å². The van der Waals surface area contributed by atoms with E-state index in [1.54, 1.807) is 0 Å². The van der Waals surface area contributed by atoms with Gasteiger partial charge in [0.05, 0.1) is 23.7 Å². The van der Waals surface area contributed by atoms with Gasteiger partial charge in [-0.05, 0) is 33.4 Å². The van der Waals surface area contributed by atoms with Crippen LogP contribution >= 0.6 is 0 Å². The van der Waals surface area contributed by atoms with Crippen molar-refractivity contribution in [2.24, 2.45) is 0 Å². The number of fused-ring (bicyclic) bond motifs is 2. The summed E-state index contributed by atoms with van der Waals surface area (Å²) in [6.07, 6.45) is 0.0654. The maximum Gasteiger partial charge on any atom is 0.312 e. The van der Waals surface area contributed by atoms with Gasteiger partial charge in [0.1, 0.15) is 11.5 Å². The van der Waals surface area contributed by atoms with Crippen LogP contribution in [0.2, 0.25) is 0 Å². The smallest absolute Gasteiger partial charge is 0.312 e. The zero-order chi connectivity index (χ0) is 40.8. The van der Waals surface area contributed by atoms with Crippen molar-refractivity contribution in [3.05, 3.63) is 264 Å². The van der Waals surface area contributed by atoms with E-state index in [-0.39, 0.29) is 12.8 Å². The van der Waals surface area contributed by atoms with Gasteiger partial charge in [0.15, 0.2) is 0 Å². The molecule has 9 aromatic rings. The van der Waals surface area contributed by atoms with Crippen molar-refractivity contribution < 1.29 is 19.1 Å². The van der Waals surface area contributed by atoms with Gasteiger partial charge in [-0.25, -0.2) is 0 Å². The highest BCUT2D eigenvalue weighted by Gasteiger charge is 2.41. The van der Waals surface area contributed by atoms with Crippen LogP contribution in [0.1, 0.15) is 46.2 Å². The second-order valence-electron chi connectivity index (χ2n) is 15.1. The van der Waals surface area contributed by atoms with Crippen LogP contribution in [0.15, 0.2) is 231 Å². The Morgan fingerprint density at radius 1 is 0.283 bits per heavy atom. The summed E-state index contributed by atoms with van der Waals surface area (Å²) in [7, 11) is 0. The minimum Gasteiger partial charge on any atom is -0.425 e. The predicted octanol–water partition coefficient (Wildman–Crippen LogP) is 12.7. The highest BCUT2D eigenvalue weighted by molar-refractivity contribution is 6.12. The summed E-state index contributed by atoms with van der Waals surface area (Å²) in [4.78, 5) is 29.5. The molecule has 9 rings (SSSR count). The molecule has 0 aliphatic carbocycles. The van der Waals surface area contributed by atoms with Crippen molar-refractivity contribution in [2.75, 3.05) is 0 Å². The summed E-state index contributed by atoms with van der Waals surface area (Å²) < 4.78 is 13.2. The molecule has 0 radical (unpaired) electrons. The van der Waals surface area contributed by atoms with E-state index >= 15 is 0 Å². The fraction of sp³-hybridized carbons (Fsp3) is 0.0714. The minimum atomic E-state index is -0.843. The molecule has 0 unspecified atom stereocenters. The Hall–Kier alpha value is -7.56. The van der Waals surface area contributed by atoms with Crippen LogP contribution in [0.3, 0.4) is 0 Å². The first-order valence-corrected chi connectivity index (χ1v) is 20.3. The van der Waals surface area contributed by atoms with Crippen molar-refractivity contribution >= 4 is 33.5 Å². The third-order valence-corrected chi connectivity index (χ3v) is 11.7. The number of hydrogen-bond donors (Lipinski definition) is 0. The van der Waals surface area contributed by atoms with Crippen LogP contribution in [0.4, 0.5) is 0 Å². The van der Waals surface area contributed by atoms with Crippen LogP contribution in [-0.4, -0.2) is 11.9 Å². The Morgan fingerprint density at radius 2 is 0.467 bits per heavy atom. The molecule has 0 saturated carbocycles. The third kappa shape index (κ3) is 7.03. The quantitative estimate of drug-likeness (QED) is 0.0536. The molecule has 0 aliphatic heterocycles. The van der Waals surface area contributed by atoms with E-state index in [4.69, 9.17) is 9.47 Å². The van der Waals surface area contributed by atoms with E-state index in [0.717, 1.165) is 33.4 Å². The number of carbonyl (C=O) groups is 2. The molecule has 0 atom stereocenters. The van der Waals surface area contributed by atoms with Crippen molar-refractivity contribution in [1.82, 2.24) is 0 Å². The lowest BCUT2D eigenvalue weighted by Crippen LogP contribution is -2.34. The van der Waals surface area contributed by atoms with Crippen LogP contribution in [-0.2, 0) is 20.4 Å². The molecule has 0 fully saturated rings. The Bertz CT molecular complexity index is 2430. The Labute approximate surface area is 350 Å². The number of benzene rings is 9. The van der Waals surface area contributed by atoms with Gasteiger partial charge in [0.2, 0.25) is 0 Å². The summed E-state index contributed by atoms with van der Waals surface area (Å²) in [5.74, 6) is 0.0394. The maximum atomic E-state index is 14.8. The Balaban J connectivity index is 1.13. The summed E-state index contributed by atoms with van der Waals surface area (Å²) in [6.45, 7) is 0. The van der Waals surface area contributed by atoms with Gasteiger partial charge in [-0.1, -0.05) is 231 Å². The van der Waals surface area contributed by atoms with Gasteiger partial charge in [-0.3, -0.25) is 9.59 Å². The molecule has 9 aromatic carbocycles. The van der Waals surface area contributed by atoms with E-state index < -0.39 is 22.8 Å². The minimum absolute atomic E-state index is 0.0327. The fourth-order valence-electron chi connectivity index (χ4n) is 8.95. The number of carbonyl (C=O) groups excluding carboxylic acids is 2. The zero-order valence-electron chi connectivity index (χ0n) is 33.0. The van der Waals surface area contributed by atoms with E-state index in [1.807, 2.05) is 158 Å². The highest BCUT2D eigenvalue weighted by Crippen LogP contribution is 2.47. The summed E-state index contributed by atoms with van der Waals surface area (Å²) in [5.41, 5.74) is 4.20. The average molecular weight is 779 g/mol. The third-order valence-electron chi connectivity index (χ3n) is 11.7. The monoisotopic (exact) mass is 778 g/mol. The molecule has 60 heavy (non-hydrogen) atoms. The molecule has 0 spiro atoms. The van der Waals surface area contributed by atoms with E-state index in [0.29, 0.717) is 33.0 Å². The number of rotatable bonds is 12. The average Bonchev–Trinajstić information content (AvgIpc) is 3.32. The van der Waals surface area contributed by atoms with Crippen LogP contribution < -0.4 is 9.47 Å². The Kier molecular flexibility index (Phi) is 10.6. The SMILES string of the molecule is O=C(CC(c1ccccc1)(c1ccccc1)c1ccccc1)Oc1c2ccccc2c(OC(=O)CC(c2ccccc2)(c2ccccc2)c2ccccc2)c2ccccc12. The number of hydrogen-bond acceptors (Lipinski definition) is 4. The van der Waals surface area contributed by atoms with Crippen molar-refractivity contribution in [3.63, 3.8) is 0 Å². The second kappa shape index (κ2) is 16.7. The summed E-state index contributed by atoms with van der Waals surface area (Å²) in [6, 6.07) is 76.2. The van der Waals surface area contributed by atoms with Crippen LogP contribution in [0.5, 0.6) is 11.5 Å². The normalized spacial score (nSPS) is 11.6. The number of ether oxygens (including phenoxy) is 2. The van der Waals surface area contributed by atoms with Gasteiger partial charge in [0.25, 0.3) is 0 Å². The standard InChI is InChI=1S/C56H42O4/c57-51(39-55(41-23-7-1-8-24-41,42-25-9-2-10-26-42)43-27-11-3-12-28-43)59-53-47-35-19-21-37-49(47)54(50-38-22-20-36-48(50)53)60-52(58)40-56(44-29-13-4-14-30-44,45-31-15-5-16-32-45)46-33-17-6-18-34-46/h1-38H,39-40H2. The van der Waals surface area contributed by atoms with Gasteiger partial charge in [-0.15, -0.1) is 0 Å². The summed E-state index contributed by atoms with van der Waals surface area (Å²) in [5, 5.41) is 2.66.